The van der Waals surface area contributed by atoms with Gasteiger partial charge in [-0.2, -0.15) is 5.26 Å². The first-order chi connectivity index (χ1) is 6.26. The van der Waals surface area contributed by atoms with E-state index in [1.54, 1.807) is 12.1 Å². The number of halogens is 1. The summed E-state index contributed by atoms with van der Waals surface area (Å²) in [5, 5.41) is 17.3. The van der Waals surface area contributed by atoms with Gasteiger partial charge in [-0.25, -0.2) is 4.39 Å². The van der Waals surface area contributed by atoms with Crippen LogP contribution in [0, 0.1) is 23.1 Å². The van der Waals surface area contributed by atoms with E-state index in [0.29, 0.717) is 6.42 Å². The van der Waals surface area contributed by atoms with E-state index in [1.165, 1.54) is 12.1 Å². The number of hydrogen-bond acceptors (Lipinski definition) is 2. The maximum absolute atomic E-state index is 12.5. The van der Waals surface area contributed by atoms with E-state index in [-0.39, 0.29) is 12.4 Å². The van der Waals surface area contributed by atoms with Crippen molar-refractivity contribution in [1.29, 1.82) is 5.26 Å². The molecule has 2 nitrogen and oxygen atoms in total. The summed E-state index contributed by atoms with van der Waals surface area (Å²) < 4.78 is 12.5. The highest BCUT2D eigenvalue weighted by Gasteiger charge is 2.06. The van der Waals surface area contributed by atoms with Gasteiger partial charge in [-0.05, 0) is 24.1 Å². The molecule has 68 valence electrons. The van der Waals surface area contributed by atoms with Crippen LogP contribution in [0.2, 0.25) is 0 Å². The second-order valence-electron chi connectivity index (χ2n) is 2.84. The smallest absolute Gasteiger partial charge is 0.123 e. The fraction of sp³-hybridized carbons (Fsp3) is 0.300. The lowest BCUT2D eigenvalue weighted by Gasteiger charge is -2.04. The molecular formula is C10H10FNO. The summed E-state index contributed by atoms with van der Waals surface area (Å²) in [6, 6.07) is 7.91. The largest absolute Gasteiger partial charge is 0.395 e. The van der Waals surface area contributed by atoms with E-state index in [9.17, 15) is 4.39 Å². The Morgan fingerprint density at radius 2 is 2.00 bits per heavy atom. The van der Waals surface area contributed by atoms with Crippen molar-refractivity contribution in [3.63, 3.8) is 0 Å². The highest BCUT2D eigenvalue weighted by atomic mass is 19.1. The van der Waals surface area contributed by atoms with Gasteiger partial charge in [0.25, 0.3) is 0 Å². The highest BCUT2D eigenvalue weighted by Crippen LogP contribution is 2.08. The predicted octanol–water partition coefficient (Wildman–Crippen LogP) is 1.50. The molecule has 0 radical (unpaired) electrons. The number of nitriles is 1. The maximum Gasteiger partial charge on any atom is 0.123 e. The zero-order valence-electron chi connectivity index (χ0n) is 7.07. The lowest BCUT2D eigenvalue weighted by Crippen LogP contribution is -2.06. The van der Waals surface area contributed by atoms with Crippen molar-refractivity contribution in [2.75, 3.05) is 6.61 Å². The van der Waals surface area contributed by atoms with Crippen LogP contribution in [-0.4, -0.2) is 11.7 Å². The number of aliphatic hydroxyl groups is 1. The van der Waals surface area contributed by atoms with Crippen molar-refractivity contribution in [3.05, 3.63) is 35.6 Å². The van der Waals surface area contributed by atoms with Crippen molar-refractivity contribution in [2.45, 2.75) is 6.42 Å². The van der Waals surface area contributed by atoms with Crippen LogP contribution in [-0.2, 0) is 6.42 Å². The molecule has 0 aromatic heterocycles. The predicted molar refractivity (Wildman–Crippen MR) is 46.3 cm³/mol. The Morgan fingerprint density at radius 1 is 1.38 bits per heavy atom. The number of benzene rings is 1. The molecule has 0 amide bonds. The third kappa shape index (κ3) is 2.85. The molecule has 1 N–H and O–H groups in total. The van der Waals surface area contributed by atoms with Crippen LogP contribution < -0.4 is 0 Å². The third-order valence-corrected chi connectivity index (χ3v) is 1.80. The molecule has 0 saturated heterocycles. The van der Waals surface area contributed by atoms with E-state index in [0.717, 1.165) is 5.56 Å². The quantitative estimate of drug-likeness (QED) is 0.764. The lowest BCUT2D eigenvalue weighted by molar-refractivity contribution is 0.255. The molecular weight excluding hydrogens is 169 g/mol. The second kappa shape index (κ2) is 4.58. The average Bonchev–Trinajstić information content (AvgIpc) is 2.17. The molecule has 0 aliphatic carbocycles. The van der Waals surface area contributed by atoms with Crippen molar-refractivity contribution in [2.24, 2.45) is 5.92 Å². The van der Waals surface area contributed by atoms with E-state index in [2.05, 4.69) is 0 Å². The van der Waals surface area contributed by atoms with Gasteiger partial charge in [0.15, 0.2) is 0 Å². The van der Waals surface area contributed by atoms with Gasteiger partial charge in [0, 0.05) is 0 Å². The van der Waals surface area contributed by atoms with E-state index < -0.39 is 5.92 Å². The molecule has 0 aliphatic rings. The maximum atomic E-state index is 12.5. The van der Waals surface area contributed by atoms with Crippen molar-refractivity contribution in [3.8, 4) is 6.07 Å². The monoisotopic (exact) mass is 179 g/mol. The standard InChI is InChI=1S/C10H10FNO/c11-10-3-1-8(2-4-10)5-9(6-12)7-13/h1-4,9,13H,5,7H2/t9-/m0/s1. The second-order valence-corrected chi connectivity index (χ2v) is 2.84. The van der Waals surface area contributed by atoms with E-state index in [4.69, 9.17) is 10.4 Å². The van der Waals surface area contributed by atoms with Gasteiger partial charge in [0.2, 0.25) is 0 Å². The molecule has 13 heavy (non-hydrogen) atoms. The van der Waals surface area contributed by atoms with Crippen molar-refractivity contribution < 1.29 is 9.50 Å². The van der Waals surface area contributed by atoms with Gasteiger partial charge in [-0.1, -0.05) is 12.1 Å². The fourth-order valence-corrected chi connectivity index (χ4v) is 1.06. The van der Waals surface area contributed by atoms with Gasteiger partial charge in [0.1, 0.15) is 5.82 Å². The molecule has 1 aromatic rings. The molecule has 0 heterocycles. The highest BCUT2D eigenvalue weighted by molar-refractivity contribution is 5.17. The fourth-order valence-electron chi connectivity index (χ4n) is 1.06. The van der Waals surface area contributed by atoms with Crippen LogP contribution >= 0.6 is 0 Å². The van der Waals surface area contributed by atoms with Crippen LogP contribution in [0.4, 0.5) is 4.39 Å². The van der Waals surface area contributed by atoms with Crippen LogP contribution in [0.3, 0.4) is 0 Å². The Hall–Kier alpha value is -1.40. The molecule has 0 bridgehead atoms. The van der Waals surface area contributed by atoms with Crippen LogP contribution in [0.5, 0.6) is 0 Å². The Kier molecular flexibility index (Phi) is 3.41. The minimum Gasteiger partial charge on any atom is -0.395 e. The van der Waals surface area contributed by atoms with Gasteiger partial charge in [0.05, 0.1) is 18.6 Å². The Labute approximate surface area is 76.2 Å². The number of nitrogens with zero attached hydrogens (tertiary/aromatic N) is 1. The lowest BCUT2D eigenvalue weighted by atomic mass is 10.0. The van der Waals surface area contributed by atoms with Gasteiger partial charge >= 0.3 is 0 Å². The zero-order chi connectivity index (χ0) is 9.68. The number of aliphatic hydroxyl groups excluding tert-OH is 1. The molecule has 1 atom stereocenters. The Bertz CT molecular complexity index is 302. The first-order valence-corrected chi connectivity index (χ1v) is 4.01. The minimum absolute atomic E-state index is 0.159. The summed E-state index contributed by atoms with van der Waals surface area (Å²) in [6.45, 7) is -0.159. The molecule has 0 unspecified atom stereocenters. The topological polar surface area (TPSA) is 44.0 Å². The summed E-state index contributed by atoms with van der Waals surface area (Å²) in [7, 11) is 0. The van der Waals surface area contributed by atoms with E-state index >= 15 is 0 Å². The van der Waals surface area contributed by atoms with Gasteiger partial charge < -0.3 is 5.11 Å². The number of rotatable bonds is 3. The average molecular weight is 179 g/mol. The molecule has 1 rings (SSSR count). The summed E-state index contributed by atoms with van der Waals surface area (Å²) >= 11 is 0. The molecule has 0 spiro atoms. The van der Waals surface area contributed by atoms with Crippen LogP contribution in [0.15, 0.2) is 24.3 Å². The molecule has 0 aliphatic heterocycles. The summed E-state index contributed by atoms with van der Waals surface area (Å²) in [4.78, 5) is 0. The molecule has 3 heteroatoms. The van der Waals surface area contributed by atoms with Crippen molar-refractivity contribution >= 4 is 0 Å². The number of hydrogen-bond donors (Lipinski definition) is 1. The molecule has 1 aromatic carbocycles. The van der Waals surface area contributed by atoms with Crippen molar-refractivity contribution in [1.82, 2.24) is 0 Å². The Balaban J connectivity index is 2.64. The zero-order valence-corrected chi connectivity index (χ0v) is 7.07. The molecule has 0 fully saturated rings. The SMILES string of the molecule is N#C[C@@H](CO)Cc1ccc(F)cc1. The molecule has 0 saturated carbocycles. The van der Waals surface area contributed by atoms with Crippen LogP contribution in [0.25, 0.3) is 0 Å². The third-order valence-electron chi connectivity index (χ3n) is 1.80. The summed E-state index contributed by atoms with van der Waals surface area (Å²) in [5.41, 5.74) is 0.863. The summed E-state index contributed by atoms with van der Waals surface area (Å²) in [5.74, 6) is -0.688. The minimum atomic E-state index is -0.398. The van der Waals surface area contributed by atoms with Gasteiger partial charge in [-0.3, -0.25) is 0 Å². The van der Waals surface area contributed by atoms with Crippen LogP contribution in [0.1, 0.15) is 5.56 Å². The Morgan fingerprint density at radius 3 is 2.46 bits per heavy atom. The van der Waals surface area contributed by atoms with Gasteiger partial charge in [-0.15, -0.1) is 0 Å². The first kappa shape index (κ1) is 9.69. The first-order valence-electron chi connectivity index (χ1n) is 4.01. The van der Waals surface area contributed by atoms with E-state index in [1.807, 2.05) is 6.07 Å². The normalized spacial score (nSPS) is 12.1. The summed E-state index contributed by atoms with van der Waals surface area (Å²) in [6.07, 6.45) is 0.466.